The molecule has 0 amide bonds. The first-order valence-electron chi connectivity index (χ1n) is 47.8. The fourth-order valence-electron chi connectivity index (χ4n) is 19.4. The molecule has 0 atom stereocenters. The van der Waals surface area contributed by atoms with Crippen LogP contribution in [0.3, 0.4) is 0 Å². The van der Waals surface area contributed by atoms with Crippen LogP contribution in [0.5, 0.6) is 0 Å². The molecule has 0 aliphatic carbocycles. The summed E-state index contributed by atoms with van der Waals surface area (Å²) in [6.07, 6.45) is 33.8. The summed E-state index contributed by atoms with van der Waals surface area (Å²) in [5.74, 6) is 1.02. The van der Waals surface area contributed by atoms with E-state index in [4.69, 9.17) is 24.9 Å². The Labute approximate surface area is 799 Å². The summed E-state index contributed by atoms with van der Waals surface area (Å²) < 4.78 is 18.1. The van der Waals surface area contributed by atoms with Crippen LogP contribution in [0.25, 0.3) is 113 Å². The maximum atomic E-state index is 12.8. The predicted octanol–water partition coefficient (Wildman–Crippen LogP) is 12.2. The third kappa shape index (κ3) is 19.4. The van der Waals surface area contributed by atoms with Crippen LogP contribution in [0.4, 0.5) is 17.1 Å². The van der Waals surface area contributed by atoms with Gasteiger partial charge in [0.2, 0.25) is 0 Å². The lowest BCUT2D eigenvalue weighted by molar-refractivity contribution is 0.255. The standard InChI is InChI=1S/C22H24N6O.C22H23N5O.C21H22N6O.C21H21N5O.C20H20N6O/c1-3-25-8-10-26(11-9-25)18-4-5-20-24-19(13-22(29)28(20)15-18)17-6-7-27-14-16(2)23-21(27)12-17;1-15-13-26-10-7-17(11-21(26)23-15)19-12-22(28)27-14-18(3-4-20(27)24-19)16-5-8-25(2)9-6-16;1-15-13-26-6-5-16(11-20(26)22-15)18-12-21(28)27-14-17(3-4-19(27)23-18)25-9-7-24(2)8-10-25;1-14-12-25-9-6-16(10-20(25)23-14)18-11-21(27)26-13-17(2-3-19(26)24-18)15-4-7-22-8-5-15;1-14-12-25-7-4-15(10-19(25)22-14)17-11-20(27)26-13-16(2-3-18(26)23-17)24-8-5-21-6-9-24/h4-7,12-15H,3,8-11H2,1-2H3;3-4,7,10-14,16H,5-6,8-9H2,1-2H3;3-6,11-14H,7-10H2,1-2H3;2-3,6,9-13,15,22H,4-5,7-8H2,1H3;2-4,7,10-13,21H,5-6,8-9H2,1H3. The van der Waals surface area contributed by atoms with Crippen molar-refractivity contribution in [1.29, 1.82) is 0 Å². The highest BCUT2D eigenvalue weighted by Crippen LogP contribution is 2.32. The molecule has 25 rings (SSSR count). The lowest BCUT2D eigenvalue weighted by Gasteiger charge is -2.35. The number of aromatic nitrogens is 20. The Kier molecular flexibility index (Phi) is 24.9. The Hall–Kier alpha value is -15.6. The first-order chi connectivity index (χ1) is 67.6. The molecule has 33 heteroatoms. The molecule has 20 aromatic heterocycles. The van der Waals surface area contributed by atoms with E-state index in [1.54, 1.807) is 52.3 Å². The van der Waals surface area contributed by atoms with Gasteiger partial charge in [0.15, 0.2) is 0 Å². The molecule has 5 aliphatic heterocycles. The zero-order valence-electron chi connectivity index (χ0n) is 79.3. The highest BCUT2D eigenvalue weighted by molar-refractivity contribution is 5.72. The van der Waals surface area contributed by atoms with Crippen molar-refractivity contribution in [2.45, 2.75) is 79.1 Å². The Morgan fingerprint density at radius 1 is 0.266 bits per heavy atom. The Bertz CT molecular complexity index is 7980. The van der Waals surface area contributed by atoms with Gasteiger partial charge in [-0.3, -0.25) is 46.0 Å². The lowest BCUT2D eigenvalue weighted by Crippen LogP contribution is -2.46. The van der Waals surface area contributed by atoms with Crippen LogP contribution in [0.2, 0.25) is 0 Å². The van der Waals surface area contributed by atoms with E-state index >= 15 is 0 Å². The van der Waals surface area contributed by atoms with E-state index in [2.05, 4.69) is 110 Å². The van der Waals surface area contributed by atoms with E-state index in [-0.39, 0.29) is 27.8 Å². The van der Waals surface area contributed by atoms with Gasteiger partial charge in [-0.15, -0.1) is 0 Å². The van der Waals surface area contributed by atoms with E-state index in [0.29, 0.717) is 68.5 Å². The number of nitrogens with one attached hydrogen (secondary N) is 2. The number of piperazine rings is 3. The van der Waals surface area contributed by atoms with Crippen molar-refractivity contribution in [3.05, 3.63) is 336 Å². The number of anilines is 3. The summed E-state index contributed by atoms with van der Waals surface area (Å²) in [5.41, 5.74) is 25.5. The van der Waals surface area contributed by atoms with Crippen LogP contribution in [-0.4, -0.2) is 234 Å². The number of hydrogen-bond acceptors (Lipinski definition) is 23. The van der Waals surface area contributed by atoms with Gasteiger partial charge >= 0.3 is 0 Å². The Morgan fingerprint density at radius 2 is 0.532 bits per heavy atom. The van der Waals surface area contributed by atoms with Gasteiger partial charge in [0.25, 0.3) is 27.8 Å². The Morgan fingerprint density at radius 3 is 0.842 bits per heavy atom. The maximum Gasteiger partial charge on any atom is 0.258 e. The van der Waals surface area contributed by atoms with Gasteiger partial charge in [0.1, 0.15) is 56.5 Å². The highest BCUT2D eigenvalue weighted by atomic mass is 16.1. The van der Waals surface area contributed by atoms with Crippen LogP contribution in [0.15, 0.2) is 269 Å². The minimum absolute atomic E-state index is 0.0471. The maximum absolute atomic E-state index is 12.8. The topological polar surface area (TPSA) is 302 Å². The van der Waals surface area contributed by atoms with Gasteiger partial charge < -0.3 is 62.0 Å². The second-order valence-electron chi connectivity index (χ2n) is 37.0. The lowest BCUT2D eigenvalue weighted by atomic mass is 9.91. The molecule has 20 aromatic rings. The summed E-state index contributed by atoms with van der Waals surface area (Å²) in [6.45, 7) is 29.2. The summed E-state index contributed by atoms with van der Waals surface area (Å²) in [6, 6.07) is 47.8. The smallest absolute Gasteiger partial charge is 0.258 e. The van der Waals surface area contributed by atoms with Crippen molar-refractivity contribution < 1.29 is 0 Å². The molecule has 704 valence electrons. The van der Waals surface area contributed by atoms with E-state index in [1.165, 1.54) is 11.1 Å². The molecule has 0 radical (unpaired) electrons. The third-order valence-corrected chi connectivity index (χ3v) is 27.2. The molecule has 139 heavy (non-hydrogen) atoms. The number of rotatable bonds is 11. The van der Waals surface area contributed by atoms with Crippen LogP contribution in [-0.2, 0) is 0 Å². The summed E-state index contributed by atoms with van der Waals surface area (Å²) >= 11 is 0. The minimum atomic E-state index is -0.0774. The van der Waals surface area contributed by atoms with Crippen molar-refractivity contribution in [1.82, 2.24) is 119 Å². The zero-order chi connectivity index (χ0) is 95.2. The Balaban J connectivity index is 0.000000103. The van der Waals surface area contributed by atoms with Gasteiger partial charge in [0, 0.05) is 230 Å². The van der Waals surface area contributed by atoms with Crippen molar-refractivity contribution in [3.8, 4) is 56.3 Å². The second kappa shape index (κ2) is 38.6. The first kappa shape index (κ1) is 90.0. The normalized spacial score (nSPS) is 15.6. The highest BCUT2D eigenvalue weighted by Gasteiger charge is 2.25. The third-order valence-electron chi connectivity index (χ3n) is 27.2. The molecule has 2 N–H and O–H groups in total. The molecule has 25 heterocycles. The number of nitrogens with zero attached hydrogens (tertiary/aromatic N) is 26. The van der Waals surface area contributed by atoms with Crippen molar-refractivity contribution in [3.63, 3.8) is 0 Å². The SMILES string of the molecule is CCN1CCN(c2ccc3nc(-c4ccn5cc(C)nc5c4)cc(=O)n3c2)CC1.Cc1cn2ccc(-c3cc(=O)n4cc(C5CCN(C)CC5)ccc4n3)cc2n1.Cc1cn2ccc(-c3cc(=O)n4cc(C5CCNCC5)ccc4n3)cc2n1.Cc1cn2ccc(-c3cc(=O)n4cc(N5CCN(C)CC5)ccc4n3)cc2n1.Cc1cn2ccc(-c3cc(=O)n4cc(N5CCNCC5)ccc4n3)cc2n1. The molecule has 0 bridgehead atoms. The number of imidazole rings is 5. The van der Waals surface area contributed by atoms with Crippen molar-refractivity contribution in [2.24, 2.45) is 0 Å². The monoisotopic (exact) mass is 1850 g/mol. The molecule has 5 fully saturated rings. The molecular formula is C106H110N28O5. The molecule has 5 aliphatic rings. The first-order valence-corrected chi connectivity index (χ1v) is 47.8. The second-order valence-corrected chi connectivity index (χ2v) is 37.0. The molecule has 0 spiro atoms. The number of piperidine rings is 2. The number of pyridine rings is 10. The van der Waals surface area contributed by atoms with E-state index < -0.39 is 0 Å². The van der Waals surface area contributed by atoms with E-state index in [9.17, 15) is 24.0 Å². The van der Waals surface area contributed by atoms with Crippen LogP contribution in [0, 0.1) is 34.6 Å². The molecule has 0 saturated carbocycles. The summed E-state index contributed by atoms with van der Waals surface area (Å²) in [5, 5.41) is 6.73. The van der Waals surface area contributed by atoms with Crippen LogP contribution >= 0.6 is 0 Å². The zero-order valence-corrected chi connectivity index (χ0v) is 79.3. The molecule has 33 nitrogen and oxygen atoms in total. The largest absolute Gasteiger partial charge is 0.368 e. The van der Waals surface area contributed by atoms with Gasteiger partial charge in [-0.05, 0) is 239 Å². The van der Waals surface area contributed by atoms with E-state index in [0.717, 1.165) is 239 Å². The van der Waals surface area contributed by atoms with Crippen LogP contribution < -0.4 is 53.1 Å². The van der Waals surface area contributed by atoms with Crippen molar-refractivity contribution in [2.75, 3.05) is 140 Å². The average molecular weight is 1860 g/mol. The molecular weight excluding hydrogens is 1750 g/mol. The average Bonchev–Trinajstić information content (AvgIpc) is 1.71. The predicted molar refractivity (Wildman–Crippen MR) is 545 cm³/mol. The quantitative estimate of drug-likeness (QED) is 0.122. The fraction of sp³-hybridized carbons (Fsp3) is 0.292. The fourth-order valence-corrected chi connectivity index (χ4v) is 19.4. The van der Waals surface area contributed by atoms with Crippen molar-refractivity contribution >= 4 is 73.5 Å². The van der Waals surface area contributed by atoms with E-state index in [1.807, 2.05) is 247 Å². The summed E-state index contributed by atoms with van der Waals surface area (Å²) in [4.78, 5) is 124. The van der Waals surface area contributed by atoms with Gasteiger partial charge in [0.05, 0.1) is 74.0 Å². The number of likely N-dealkylation sites (N-methyl/N-ethyl adjacent to an activating group) is 2. The number of likely N-dealkylation sites (tertiary alicyclic amines) is 1. The minimum Gasteiger partial charge on any atom is -0.368 e. The number of aryl methyl sites for hydroxylation is 5. The number of hydrogen-bond donors (Lipinski definition) is 2. The summed E-state index contributed by atoms with van der Waals surface area (Å²) in [7, 11) is 4.30. The molecule has 0 aromatic carbocycles. The van der Waals surface area contributed by atoms with Gasteiger partial charge in [-0.2, -0.15) is 0 Å². The van der Waals surface area contributed by atoms with Gasteiger partial charge in [-0.1, -0.05) is 19.1 Å². The van der Waals surface area contributed by atoms with Gasteiger partial charge in [-0.25, -0.2) is 49.8 Å². The molecule has 5 saturated heterocycles. The molecule has 0 unspecified atom stereocenters. The van der Waals surface area contributed by atoms with Crippen LogP contribution in [0.1, 0.15) is 84.0 Å². The number of fused-ring (bicyclic) bond motifs is 10.